The van der Waals surface area contributed by atoms with Crippen molar-refractivity contribution in [1.29, 1.82) is 0 Å². The Hall–Kier alpha value is -4.08. The summed E-state index contributed by atoms with van der Waals surface area (Å²) in [5.41, 5.74) is -4.20. The van der Waals surface area contributed by atoms with Gasteiger partial charge in [-0.25, -0.2) is 0 Å². The van der Waals surface area contributed by atoms with Gasteiger partial charge in [0.15, 0.2) is 0 Å². The van der Waals surface area contributed by atoms with E-state index in [9.17, 15) is 39.0 Å². The van der Waals surface area contributed by atoms with Crippen molar-refractivity contribution in [2.24, 2.45) is 0 Å². The topological polar surface area (TPSA) is 155 Å². The van der Waals surface area contributed by atoms with Gasteiger partial charge in [-0.1, -0.05) is 0 Å². The molecule has 0 radical (unpaired) electrons. The zero-order valence-corrected chi connectivity index (χ0v) is 17.5. The zero-order chi connectivity index (χ0) is 23.9. The van der Waals surface area contributed by atoms with Crippen LogP contribution < -0.4 is 10.2 Å². The van der Waals surface area contributed by atoms with Gasteiger partial charge in [0.05, 0.1) is 23.0 Å². The first kappa shape index (κ1) is 21.2. The first-order valence-corrected chi connectivity index (χ1v) is 9.55. The van der Waals surface area contributed by atoms with Crippen LogP contribution in [0.2, 0.25) is 0 Å². The average Bonchev–Trinajstić information content (AvgIpc) is 2.69. The molecule has 0 saturated heterocycles. The number of rotatable bonds is 4. The van der Waals surface area contributed by atoms with E-state index in [2.05, 4.69) is 0 Å². The molecular formula is C22H16N2O8-2. The molecular weight excluding hydrogens is 420 g/mol. The number of amides is 4. The number of carboxylic acid groups (broad SMARTS) is 2. The Labute approximate surface area is 181 Å². The van der Waals surface area contributed by atoms with Crippen LogP contribution in [0.1, 0.15) is 69.1 Å². The summed E-state index contributed by atoms with van der Waals surface area (Å²) < 4.78 is 0. The number of hydrogen-bond acceptors (Lipinski definition) is 8. The molecule has 2 heterocycles. The highest BCUT2D eigenvalue weighted by Gasteiger charge is 2.47. The van der Waals surface area contributed by atoms with Crippen molar-refractivity contribution in [3.05, 3.63) is 46.5 Å². The fraction of sp³-hybridized carbons (Fsp3) is 0.273. The van der Waals surface area contributed by atoms with Crippen LogP contribution in [-0.4, -0.2) is 56.4 Å². The largest absolute Gasteiger partial charge is 0.548 e. The third kappa shape index (κ3) is 2.40. The fourth-order valence-corrected chi connectivity index (χ4v) is 4.07. The SMILES string of the molecule is CC(C)(C(=O)[O-])N1C(=O)c2ccc3c4c(ccc(c24)C1=O)C(=O)N(C(C)(C)C(=O)[O-])C3=O. The molecule has 2 aliphatic rings. The van der Waals surface area contributed by atoms with Crippen LogP contribution in [0.3, 0.4) is 0 Å². The summed E-state index contributed by atoms with van der Waals surface area (Å²) in [6.07, 6.45) is 0. The molecule has 0 aromatic heterocycles. The van der Waals surface area contributed by atoms with E-state index in [1.165, 1.54) is 24.3 Å². The Morgan fingerprint density at radius 3 is 1.00 bits per heavy atom. The van der Waals surface area contributed by atoms with Gasteiger partial charge in [-0.15, -0.1) is 0 Å². The quantitative estimate of drug-likeness (QED) is 0.558. The highest BCUT2D eigenvalue weighted by molar-refractivity contribution is 6.34. The van der Waals surface area contributed by atoms with Crippen molar-refractivity contribution < 1.29 is 39.0 Å². The molecule has 0 spiro atoms. The summed E-state index contributed by atoms with van der Waals surface area (Å²) in [6.45, 7) is 4.61. The summed E-state index contributed by atoms with van der Waals surface area (Å²) in [7, 11) is 0. The monoisotopic (exact) mass is 436 g/mol. The molecule has 0 bridgehead atoms. The Kier molecular flexibility index (Phi) is 4.11. The molecule has 0 atom stereocenters. The van der Waals surface area contributed by atoms with Gasteiger partial charge in [0, 0.05) is 33.0 Å². The molecule has 0 N–H and O–H groups in total. The summed E-state index contributed by atoms with van der Waals surface area (Å²) in [5.74, 6) is -6.95. The van der Waals surface area contributed by atoms with E-state index in [0.717, 1.165) is 27.7 Å². The molecule has 10 nitrogen and oxygen atoms in total. The number of imide groups is 2. The molecule has 164 valence electrons. The first-order valence-electron chi connectivity index (χ1n) is 9.55. The van der Waals surface area contributed by atoms with Gasteiger partial charge in [-0.05, 0) is 52.0 Å². The first-order chi connectivity index (χ1) is 14.7. The maximum Gasteiger partial charge on any atom is 0.262 e. The minimum absolute atomic E-state index is 0.0352. The molecule has 4 amide bonds. The molecule has 0 aliphatic carbocycles. The van der Waals surface area contributed by atoms with E-state index < -0.39 is 46.6 Å². The van der Waals surface area contributed by atoms with Gasteiger partial charge in [0.2, 0.25) is 0 Å². The lowest BCUT2D eigenvalue weighted by Gasteiger charge is -2.42. The van der Waals surface area contributed by atoms with E-state index >= 15 is 0 Å². The van der Waals surface area contributed by atoms with Gasteiger partial charge in [0.25, 0.3) is 23.6 Å². The molecule has 2 aliphatic heterocycles. The Morgan fingerprint density at radius 2 is 0.812 bits per heavy atom. The van der Waals surface area contributed by atoms with Crippen molar-refractivity contribution in [3.63, 3.8) is 0 Å². The second kappa shape index (κ2) is 6.22. The predicted octanol–water partition coefficient (Wildman–Crippen LogP) is -0.911. The van der Waals surface area contributed by atoms with Gasteiger partial charge in [0.1, 0.15) is 0 Å². The third-order valence-electron chi connectivity index (χ3n) is 6.01. The molecule has 4 rings (SSSR count). The molecule has 2 aromatic rings. The molecule has 32 heavy (non-hydrogen) atoms. The van der Waals surface area contributed by atoms with Crippen LogP contribution in [0.4, 0.5) is 0 Å². The van der Waals surface area contributed by atoms with Crippen molar-refractivity contribution in [2.45, 2.75) is 38.8 Å². The van der Waals surface area contributed by atoms with Crippen LogP contribution >= 0.6 is 0 Å². The van der Waals surface area contributed by atoms with Crippen LogP contribution in [0.15, 0.2) is 24.3 Å². The number of hydrogen-bond donors (Lipinski definition) is 0. The standard InChI is InChI=1S/C22H18N2O8/c1-21(2,19(29)30)23-15(25)9-5-7-11-14-12(8-6-10(13(9)14)16(23)26)18(28)24(17(11)27)22(3,4)20(31)32/h5-8H,1-4H3,(H,29,30)(H,31,32)/p-2. The van der Waals surface area contributed by atoms with Crippen LogP contribution in [0.5, 0.6) is 0 Å². The minimum atomic E-state index is -1.96. The van der Waals surface area contributed by atoms with Crippen LogP contribution in [0.25, 0.3) is 10.8 Å². The molecule has 0 fully saturated rings. The summed E-state index contributed by atoms with van der Waals surface area (Å²) in [5, 5.41) is 23.3. The van der Waals surface area contributed by atoms with E-state index in [4.69, 9.17) is 0 Å². The number of carbonyl (C=O) groups is 6. The van der Waals surface area contributed by atoms with E-state index in [1.54, 1.807) is 0 Å². The third-order valence-corrected chi connectivity index (χ3v) is 6.01. The van der Waals surface area contributed by atoms with E-state index in [1.807, 2.05) is 0 Å². The summed E-state index contributed by atoms with van der Waals surface area (Å²) in [6, 6.07) is 4.98. The maximum absolute atomic E-state index is 13.1. The Bertz CT molecular complexity index is 1150. The van der Waals surface area contributed by atoms with E-state index in [-0.39, 0.29) is 33.0 Å². The van der Waals surface area contributed by atoms with Crippen molar-refractivity contribution in [1.82, 2.24) is 9.80 Å². The minimum Gasteiger partial charge on any atom is -0.548 e. The number of carboxylic acids is 2. The van der Waals surface area contributed by atoms with E-state index in [0.29, 0.717) is 9.80 Å². The normalized spacial score (nSPS) is 16.1. The second-order valence-electron chi connectivity index (χ2n) is 8.66. The predicted molar refractivity (Wildman–Crippen MR) is 103 cm³/mol. The zero-order valence-electron chi connectivity index (χ0n) is 17.5. The van der Waals surface area contributed by atoms with Crippen molar-refractivity contribution >= 4 is 46.3 Å². The molecule has 0 unspecified atom stereocenters. The number of carbonyl (C=O) groups excluding carboxylic acids is 6. The lowest BCUT2D eigenvalue weighted by molar-refractivity contribution is -0.316. The van der Waals surface area contributed by atoms with Crippen LogP contribution in [-0.2, 0) is 9.59 Å². The van der Waals surface area contributed by atoms with Gasteiger partial charge < -0.3 is 19.8 Å². The highest BCUT2D eigenvalue weighted by atomic mass is 16.4. The number of nitrogens with zero attached hydrogens (tertiary/aromatic N) is 2. The molecule has 2 aromatic carbocycles. The average molecular weight is 436 g/mol. The smallest absolute Gasteiger partial charge is 0.262 e. The lowest BCUT2D eigenvalue weighted by atomic mass is 9.83. The fourth-order valence-electron chi connectivity index (χ4n) is 4.07. The van der Waals surface area contributed by atoms with Crippen molar-refractivity contribution in [2.75, 3.05) is 0 Å². The van der Waals surface area contributed by atoms with Gasteiger partial charge in [-0.2, -0.15) is 0 Å². The molecule has 10 heteroatoms. The maximum atomic E-state index is 13.1. The second-order valence-corrected chi connectivity index (χ2v) is 8.66. The number of aliphatic carboxylic acids is 2. The molecule has 0 saturated carbocycles. The Morgan fingerprint density at radius 1 is 0.594 bits per heavy atom. The summed E-state index contributed by atoms with van der Waals surface area (Å²) in [4.78, 5) is 76.8. The number of benzene rings is 2. The Balaban J connectivity index is 2.02. The van der Waals surface area contributed by atoms with Crippen LogP contribution in [0, 0.1) is 0 Å². The van der Waals surface area contributed by atoms with Gasteiger partial charge >= 0.3 is 0 Å². The van der Waals surface area contributed by atoms with Gasteiger partial charge in [-0.3, -0.25) is 29.0 Å². The highest BCUT2D eigenvalue weighted by Crippen LogP contribution is 2.40. The summed E-state index contributed by atoms with van der Waals surface area (Å²) >= 11 is 0. The lowest BCUT2D eigenvalue weighted by Crippen LogP contribution is -2.62. The van der Waals surface area contributed by atoms with Crippen molar-refractivity contribution in [3.8, 4) is 0 Å².